The molecule has 0 spiro atoms. The van der Waals surface area contributed by atoms with E-state index in [-0.39, 0.29) is 29.9 Å². The number of hydrogen-bond donors (Lipinski definition) is 3. The second-order valence-corrected chi connectivity index (χ2v) is 13.9. The fourth-order valence-electron chi connectivity index (χ4n) is 7.74. The zero-order chi connectivity index (χ0) is 37.2. The van der Waals surface area contributed by atoms with E-state index < -0.39 is 11.8 Å². The highest BCUT2D eigenvalue weighted by Gasteiger charge is 2.32. The summed E-state index contributed by atoms with van der Waals surface area (Å²) < 4.78 is 22.0. The number of rotatable bonds is 11. The van der Waals surface area contributed by atoms with Gasteiger partial charge in [-0.1, -0.05) is 18.2 Å². The van der Waals surface area contributed by atoms with Crippen molar-refractivity contribution < 1.29 is 18.7 Å². The molecule has 2 aromatic carbocycles. The van der Waals surface area contributed by atoms with E-state index in [0.717, 1.165) is 86.3 Å². The van der Waals surface area contributed by atoms with Crippen molar-refractivity contribution in [2.24, 2.45) is 5.92 Å². The second-order valence-electron chi connectivity index (χ2n) is 13.9. The van der Waals surface area contributed by atoms with Gasteiger partial charge in [-0.05, 0) is 73.4 Å². The molecule has 3 fully saturated rings. The summed E-state index contributed by atoms with van der Waals surface area (Å²) in [6.07, 6.45) is 4.34. The van der Waals surface area contributed by atoms with Crippen molar-refractivity contribution in [2.45, 2.75) is 31.7 Å². The lowest BCUT2D eigenvalue weighted by Crippen LogP contribution is -2.47. The molecule has 6 heterocycles. The Bertz CT molecular complexity index is 2200. The van der Waals surface area contributed by atoms with Gasteiger partial charge in [0, 0.05) is 70.1 Å². The Kier molecular flexibility index (Phi) is 9.91. The van der Waals surface area contributed by atoms with Crippen molar-refractivity contribution in [3.63, 3.8) is 0 Å². The van der Waals surface area contributed by atoms with Gasteiger partial charge in [0.1, 0.15) is 35.5 Å². The Morgan fingerprint density at radius 1 is 0.981 bits per heavy atom. The van der Waals surface area contributed by atoms with E-state index >= 15 is 0 Å². The number of carbonyl (C=O) groups excluding carboxylic acids is 2. The molecule has 278 valence electrons. The number of carbonyl (C=O) groups is 2. The fraction of sp³-hybridized carbons (Fsp3) is 0.350. The zero-order valence-corrected chi connectivity index (χ0v) is 30.2. The summed E-state index contributed by atoms with van der Waals surface area (Å²) in [5.74, 6) is 0.821. The number of nitrogens with zero attached hydrogens (tertiary/aromatic N) is 7. The molecular formula is C40H43FN10O3. The van der Waals surface area contributed by atoms with Gasteiger partial charge in [-0.25, -0.2) is 18.9 Å². The largest absolute Gasteiger partial charge is 0.492 e. The van der Waals surface area contributed by atoms with Crippen LogP contribution in [0.5, 0.6) is 5.75 Å². The molecule has 0 bridgehead atoms. The van der Waals surface area contributed by atoms with Crippen molar-refractivity contribution in [3.8, 4) is 17.1 Å². The molecule has 13 nitrogen and oxygen atoms in total. The number of imide groups is 1. The molecule has 2 atom stereocenters. The molecule has 0 saturated carbocycles. The van der Waals surface area contributed by atoms with Crippen molar-refractivity contribution in [1.82, 2.24) is 29.8 Å². The van der Waals surface area contributed by atoms with Crippen LogP contribution in [0, 0.1) is 17.1 Å². The number of fused-ring (bicyclic) bond motifs is 1. The predicted octanol–water partition coefficient (Wildman–Crippen LogP) is 4.94. The van der Waals surface area contributed by atoms with Crippen LogP contribution < -0.4 is 25.2 Å². The van der Waals surface area contributed by atoms with Crippen LogP contribution in [0.15, 0.2) is 79.0 Å². The van der Waals surface area contributed by atoms with E-state index in [1.54, 1.807) is 25.2 Å². The van der Waals surface area contributed by atoms with Crippen LogP contribution >= 0.6 is 0 Å². The van der Waals surface area contributed by atoms with E-state index in [9.17, 15) is 14.0 Å². The van der Waals surface area contributed by atoms with Gasteiger partial charge in [-0.15, -0.1) is 5.10 Å². The lowest BCUT2D eigenvalue weighted by Gasteiger charge is -2.35. The third-order valence-corrected chi connectivity index (χ3v) is 10.6. The summed E-state index contributed by atoms with van der Waals surface area (Å²) in [5, 5.41) is 19.1. The molecule has 2 amide bonds. The van der Waals surface area contributed by atoms with Crippen molar-refractivity contribution in [2.75, 3.05) is 68.0 Å². The number of halogens is 1. The standard InChI is InChI=1S/C40H43FN10O3/c1-43-32-24-28(10-11-29(32)39(42)30-12-15-38(52)46-40(30)53)54-22-21-48-17-19-49(20-18-48)36-9-3-7-31(45-36)34-25-44-35-13-14-37(47-51(34)35)50-16-4-8-33(50)26-5-2-6-27(41)23-26/h2-3,5-7,9-11,13-14,23-25,30,33,42-43H,4,8,12,15-22H2,1H3,(H,46,52,53)/t30?,33-/m1/s1. The summed E-state index contributed by atoms with van der Waals surface area (Å²) in [6.45, 7) is 5.48. The minimum absolute atomic E-state index is 0.0667. The SMILES string of the molecule is CNc1cc(OCCN2CCN(c3cccc(-c4cnc5ccc(N6CCC[C@@H]6c6cccc(F)c6)nn45)n3)CC2)ccc1C(=N)C1CCC(=O)NC1=O. The normalized spacial score (nSPS) is 19.3. The van der Waals surface area contributed by atoms with Gasteiger partial charge in [0.2, 0.25) is 11.8 Å². The average molecular weight is 731 g/mol. The van der Waals surface area contributed by atoms with E-state index in [4.69, 9.17) is 20.2 Å². The molecule has 14 heteroatoms. The molecule has 3 aliphatic heterocycles. The van der Waals surface area contributed by atoms with Gasteiger partial charge in [0.15, 0.2) is 5.65 Å². The number of piperidine rings is 1. The maximum absolute atomic E-state index is 14.1. The summed E-state index contributed by atoms with van der Waals surface area (Å²) in [5.41, 5.74) is 4.82. The average Bonchev–Trinajstić information content (AvgIpc) is 3.86. The fourth-order valence-corrected chi connectivity index (χ4v) is 7.74. The molecule has 54 heavy (non-hydrogen) atoms. The van der Waals surface area contributed by atoms with Gasteiger partial charge in [0.25, 0.3) is 0 Å². The number of amides is 2. The summed E-state index contributed by atoms with van der Waals surface area (Å²) >= 11 is 0. The lowest BCUT2D eigenvalue weighted by atomic mass is 9.88. The molecule has 0 radical (unpaired) electrons. The van der Waals surface area contributed by atoms with Gasteiger partial charge in [0.05, 0.1) is 29.6 Å². The second kappa shape index (κ2) is 15.2. The molecule has 3 saturated heterocycles. The summed E-state index contributed by atoms with van der Waals surface area (Å²) in [4.78, 5) is 40.5. The quantitative estimate of drug-likeness (QED) is 0.126. The van der Waals surface area contributed by atoms with Crippen molar-refractivity contribution in [1.29, 1.82) is 5.41 Å². The summed E-state index contributed by atoms with van der Waals surface area (Å²) in [6, 6.07) is 22.4. The summed E-state index contributed by atoms with van der Waals surface area (Å²) in [7, 11) is 1.77. The zero-order valence-electron chi connectivity index (χ0n) is 30.2. The molecule has 3 aliphatic rings. The number of ether oxygens (including phenoxy) is 1. The Labute approximate surface area is 312 Å². The lowest BCUT2D eigenvalue weighted by molar-refractivity contribution is -0.134. The van der Waals surface area contributed by atoms with E-state index in [1.807, 2.05) is 59.2 Å². The first-order chi connectivity index (χ1) is 26.3. The number of piperazine rings is 1. The molecule has 1 unspecified atom stereocenters. The minimum atomic E-state index is -0.655. The number of benzene rings is 2. The van der Waals surface area contributed by atoms with Crippen LogP contribution in [-0.2, 0) is 9.59 Å². The molecule has 5 aromatic rings. The van der Waals surface area contributed by atoms with Crippen LogP contribution in [0.4, 0.5) is 21.7 Å². The number of nitrogens with one attached hydrogen (secondary N) is 3. The van der Waals surface area contributed by atoms with Gasteiger partial charge in [-0.2, -0.15) is 0 Å². The van der Waals surface area contributed by atoms with Crippen LogP contribution in [0.2, 0.25) is 0 Å². The van der Waals surface area contributed by atoms with Gasteiger partial charge >= 0.3 is 0 Å². The maximum Gasteiger partial charge on any atom is 0.235 e. The molecular weight excluding hydrogens is 688 g/mol. The predicted molar refractivity (Wildman–Crippen MR) is 205 cm³/mol. The Hall–Kier alpha value is -5.89. The first-order valence-corrected chi connectivity index (χ1v) is 18.5. The Morgan fingerprint density at radius 2 is 1.83 bits per heavy atom. The van der Waals surface area contributed by atoms with E-state index in [1.165, 1.54) is 6.07 Å². The maximum atomic E-state index is 14.1. The van der Waals surface area contributed by atoms with E-state index in [2.05, 4.69) is 30.3 Å². The van der Waals surface area contributed by atoms with Crippen LogP contribution in [0.25, 0.3) is 17.0 Å². The Balaban J connectivity index is 0.876. The van der Waals surface area contributed by atoms with Gasteiger partial charge < -0.3 is 25.3 Å². The first-order valence-electron chi connectivity index (χ1n) is 18.5. The molecule has 8 rings (SSSR count). The first kappa shape index (κ1) is 35.2. The third kappa shape index (κ3) is 7.21. The number of aromatic nitrogens is 4. The highest BCUT2D eigenvalue weighted by Crippen LogP contribution is 2.36. The smallest absolute Gasteiger partial charge is 0.235 e. The topological polar surface area (TPSA) is 144 Å². The van der Waals surface area contributed by atoms with Crippen LogP contribution in [0.1, 0.15) is 42.9 Å². The van der Waals surface area contributed by atoms with Crippen molar-refractivity contribution in [3.05, 3.63) is 95.9 Å². The van der Waals surface area contributed by atoms with Crippen molar-refractivity contribution >= 4 is 40.5 Å². The molecule has 0 aliphatic carbocycles. The molecule has 3 aromatic heterocycles. The monoisotopic (exact) mass is 730 g/mol. The third-order valence-electron chi connectivity index (χ3n) is 10.6. The molecule has 3 N–H and O–H groups in total. The highest BCUT2D eigenvalue weighted by molar-refractivity contribution is 6.17. The Morgan fingerprint density at radius 3 is 2.65 bits per heavy atom. The van der Waals surface area contributed by atoms with Crippen LogP contribution in [-0.4, -0.2) is 94.9 Å². The number of hydrogen-bond acceptors (Lipinski definition) is 11. The highest BCUT2D eigenvalue weighted by atomic mass is 19.1. The number of anilines is 3. The van der Waals surface area contributed by atoms with E-state index in [0.29, 0.717) is 30.0 Å². The van der Waals surface area contributed by atoms with Crippen LogP contribution in [0.3, 0.4) is 0 Å². The number of pyridine rings is 1. The number of imidazole rings is 1. The minimum Gasteiger partial charge on any atom is -0.492 e. The van der Waals surface area contributed by atoms with Gasteiger partial charge in [-0.3, -0.25) is 19.8 Å².